The highest BCUT2D eigenvalue weighted by molar-refractivity contribution is 5.93. The number of unbranched alkanes of at least 4 members (excludes halogenated alkanes) is 1. The third-order valence-corrected chi connectivity index (χ3v) is 4.27. The van der Waals surface area contributed by atoms with Crippen LogP contribution in [0.2, 0.25) is 0 Å². The summed E-state index contributed by atoms with van der Waals surface area (Å²) in [5.74, 6) is -2.95. The number of nitrogens with two attached hydrogens (primary N) is 2. The molecule has 0 fully saturated rings. The molecule has 0 aliphatic carbocycles. The molecule has 10 heteroatoms. The maximum Gasteiger partial charge on any atom is 0.322 e. The Labute approximate surface area is 159 Å². The average molecular weight is 387 g/mol. The van der Waals surface area contributed by atoms with Crippen molar-refractivity contribution in [1.29, 1.82) is 0 Å². The maximum atomic E-state index is 12.5. The minimum atomic E-state index is -1.18. The highest BCUT2D eigenvalue weighted by atomic mass is 16.4. The molecule has 0 aliphatic rings. The first-order valence-electron chi connectivity index (χ1n) is 9.19. The van der Waals surface area contributed by atoms with Crippen LogP contribution in [-0.2, 0) is 19.2 Å². The second-order valence-electron chi connectivity index (χ2n) is 6.60. The van der Waals surface area contributed by atoms with Gasteiger partial charge >= 0.3 is 5.97 Å². The monoisotopic (exact) mass is 387 g/mol. The zero-order valence-electron chi connectivity index (χ0n) is 16.3. The van der Waals surface area contributed by atoms with Gasteiger partial charge in [-0.3, -0.25) is 19.2 Å². The lowest BCUT2D eigenvalue weighted by molar-refractivity contribution is -0.138. The fourth-order valence-electron chi connectivity index (χ4n) is 2.29. The van der Waals surface area contributed by atoms with Gasteiger partial charge in [-0.05, 0) is 32.2 Å². The third kappa shape index (κ3) is 9.90. The number of nitrogens with one attached hydrogen (secondary N) is 3. The van der Waals surface area contributed by atoms with Crippen molar-refractivity contribution < 1.29 is 24.3 Å². The molecule has 156 valence electrons. The molecule has 8 N–H and O–H groups in total. The van der Waals surface area contributed by atoms with Gasteiger partial charge in [0.05, 0.1) is 6.04 Å². The van der Waals surface area contributed by atoms with Crippen LogP contribution in [-0.4, -0.2) is 60.0 Å². The van der Waals surface area contributed by atoms with Gasteiger partial charge in [0.25, 0.3) is 0 Å². The van der Waals surface area contributed by atoms with Gasteiger partial charge < -0.3 is 32.5 Å². The highest BCUT2D eigenvalue weighted by Crippen LogP contribution is 2.09. The first-order valence-corrected chi connectivity index (χ1v) is 9.19. The predicted octanol–water partition coefficient (Wildman–Crippen LogP) is -1.32. The topological polar surface area (TPSA) is 177 Å². The van der Waals surface area contributed by atoms with Crippen molar-refractivity contribution in [2.45, 2.75) is 64.6 Å². The van der Waals surface area contributed by atoms with E-state index in [0.29, 0.717) is 25.8 Å². The van der Waals surface area contributed by atoms with Crippen LogP contribution in [0.25, 0.3) is 0 Å². The molecule has 0 saturated heterocycles. The summed E-state index contributed by atoms with van der Waals surface area (Å²) in [5, 5.41) is 15.9. The van der Waals surface area contributed by atoms with Crippen LogP contribution in [0.15, 0.2) is 0 Å². The Morgan fingerprint density at radius 1 is 1.00 bits per heavy atom. The van der Waals surface area contributed by atoms with E-state index in [2.05, 4.69) is 16.0 Å². The molecular weight excluding hydrogens is 354 g/mol. The fraction of sp³-hybridized carbons (Fsp3) is 0.765. The molecule has 10 nitrogen and oxygen atoms in total. The van der Waals surface area contributed by atoms with Crippen LogP contribution in [0, 0.1) is 5.92 Å². The number of aliphatic carboxylic acids is 1. The Morgan fingerprint density at radius 2 is 1.63 bits per heavy atom. The Kier molecular flexibility index (Phi) is 12.0. The zero-order valence-corrected chi connectivity index (χ0v) is 16.3. The van der Waals surface area contributed by atoms with Crippen LogP contribution in [0.4, 0.5) is 0 Å². The molecule has 0 radical (unpaired) electrons. The van der Waals surface area contributed by atoms with Crippen LogP contribution in [0.3, 0.4) is 0 Å². The standard InChI is InChI=1S/C17H33N5O5/c1-4-10(2)14(22-16(26)12(19)7-5-6-8-18)17(27)21-11(3)15(25)20-9-13(23)24/h10-12,14H,4-9,18-19H2,1-3H3,(H,20,25)(H,21,27)(H,22,26)(H,23,24). The zero-order chi connectivity index (χ0) is 21.0. The van der Waals surface area contributed by atoms with Gasteiger partial charge in [-0.15, -0.1) is 0 Å². The molecule has 0 spiro atoms. The Bertz CT molecular complexity index is 514. The van der Waals surface area contributed by atoms with Crippen molar-refractivity contribution in [1.82, 2.24) is 16.0 Å². The fourth-order valence-corrected chi connectivity index (χ4v) is 2.29. The van der Waals surface area contributed by atoms with Crippen molar-refractivity contribution in [2.24, 2.45) is 17.4 Å². The number of rotatable bonds is 13. The lowest BCUT2D eigenvalue weighted by Gasteiger charge is -2.26. The molecule has 27 heavy (non-hydrogen) atoms. The Morgan fingerprint density at radius 3 is 2.15 bits per heavy atom. The Hall–Kier alpha value is -2.20. The minimum Gasteiger partial charge on any atom is -0.480 e. The van der Waals surface area contributed by atoms with Gasteiger partial charge in [0.1, 0.15) is 18.6 Å². The van der Waals surface area contributed by atoms with E-state index < -0.39 is 48.4 Å². The molecule has 0 heterocycles. The van der Waals surface area contributed by atoms with Crippen LogP contribution in [0.1, 0.15) is 46.5 Å². The summed E-state index contributed by atoms with van der Waals surface area (Å²) in [5.41, 5.74) is 11.3. The van der Waals surface area contributed by atoms with Crippen LogP contribution >= 0.6 is 0 Å². The molecular formula is C17H33N5O5. The molecule has 0 saturated carbocycles. The van der Waals surface area contributed by atoms with Gasteiger partial charge in [-0.25, -0.2) is 0 Å². The first kappa shape index (κ1) is 24.8. The minimum absolute atomic E-state index is 0.181. The van der Waals surface area contributed by atoms with E-state index >= 15 is 0 Å². The lowest BCUT2D eigenvalue weighted by Crippen LogP contribution is -2.57. The van der Waals surface area contributed by atoms with Crippen LogP contribution in [0.5, 0.6) is 0 Å². The normalized spacial score (nSPS) is 15.1. The molecule has 0 bridgehead atoms. The van der Waals surface area contributed by atoms with Crippen molar-refractivity contribution in [3.8, 4) is 0 Å². The molecule has 3 amide bonds. The molecule has 4 atom stereocenters. The van der Waals surface area contributed by atoms with Crippen molar-refractivity contribution >= 4 is 23.7 Å². The number of carboxylic acids is 1. The number of carbonyl (C=O) groups excluding carboxylic acids is 3. The van der Waals surface area contributed by atoms with E-state index in [9.17, 15) is 19.2 Å². The molecule has 0 rings (SSSR count). The molecule has 0 aromatic carbocycles. The van der Waals surface area contributed by atoms with E-state index in [-0.39, 0.29) is 5.92 Å². The molecule has 0 aromatic heterocycles. The molecule has 0 aliphatic heterocycles. The largest absolute Gasteiger partial charge is 0.480 e. The summed E-state index contributed by atoms with van der Waals surface area (Å²) in [6.45, 7) is 5.10. The van der Waals surface area contributed by atoms with Gasteiger partial charge in [-0.1, -0.05) is 26.7 Å². The van der Waals surface area contributed by atoms with E-state index in [1.807, 2.05) is 6.92 Å². The third-order valence-electron chi connectivity index (χ3n) is 4.27. The summed E-state index contributed by atoms with van der Waals surface area (Å²) in [7, 11) is 0. The Balaban J connectivity index is 4.83. The summed E-state index contributed by atoms with van der Waals surface area (Å²) < 4.78 is 0. The average Bonchev–Trinajstić information content (AvgIpc) is 2.62. The summed E-state index contributed by atoms with van der Waals surface area (Å²) >= 11 is 0. The first-order chi connectivity index (χ1) is 12.6. The van der Waals surface area contributed by atoms with Crippen molar-refractivity contribution in [2.75, 3.05) is 13.1 Å². The number of amides is 3. The quantitative estimate of drug-likeness (QED) is 0.212. The summed E-state index contributed by atoms with van der Waals surface area (Å²) in [6.07, 6.45) is 2.57. The van der Waals surface area contributed by atoms with Gasteiger partial charge in [0, 0.05) is 0 Å². The highest BCUT2D eigenvalue weighted by Gasteiger charge is 2.29. The summed E-state index contributed by atoms with van der Waals surface area (Å²) in [6, 6.07) is -2.54. The van der Waals surface area contributed by atoms with E-state index in [1.165, 1.54) is 6.92 Å². The number of carbonyl (C=O) groups is 4. The van der Waals surface area contributed by atoms with Gasteiger partial charge in [0.2, 0.25) is 17.7 Å². The lowest BCUT2D eigenvalue weighted by atomic mass is 9.97. The van der Waals surface area contributed by atoms with E-state index in [4.69, 9.17) is 16.6 Å². The second-order valence-corrected chi connectivity index (χ2v) is 6.60. The van der Waals surface area contributed by atoms with Gasteiger partial charge in [-0.2, -0.15) is 0 Å². The number of hydrogen-bond acceptors (Lipinski definition) is 6. The number of carboxylic acid groups (broad SMARTS) is 1. The maximum absolute atomic E-state index is 12.5. The van der Waals surface area contributed by atoms with Gasteiger partial charge in [0.15, 0.2) is 0 Å². The van der Waals surface area contributed by atoms with E-state index in [1.54, 1.807) is 6.92 Å². The molecule has 0 aromatic rings. The second kappa shape index (κ2) is 13.0. The smallest absolute Gasteiger partial charge is 0.322 e. The molecule has 4 unspecified atom stereocenters. The van der Waals surface area contributed by atoms with Crippen LogP contribution < -0.4 is 27.4 Å². The SMILES string of the molecule is CCC(C)C(NC(=O)C(N)CCCCN)C(=O)NC(C)C(=O)NCC(=O)O. The van der Waals surface area contributed by atoms with Crippen molar-refractivity contribution in [3.05, 3.63) is 0 Å². The predicted molar refractivity (Wildman–Crippen MR) is 101 cm³/mol. The van der Waals surface area contributed by atoms with Crippen molar-refractivity contribution in [3.63, 3.8) is 0 Å². The number of hydrogen-bond donors (Lipinski definition) is 6. The summed E-state index contributed by atoms with van der Waals surface area (Å²) in [4.78, 5) is 47.1. The van der Waals surface area contributed by atoms with E-state index in [0.717, 1.165) is 6.42 Å².